The molecule has 0 aliphatic heterocycles. The first-order chi connectivity index (χ1) is 10.1. The van der Waals surface area contributed by atoms with Gasteiger partial charge < -0.3 is 4.74 Å². The van der Waals surface area contributed by atoms with E-state index in [4.69, 9.17) is 4.74 Å². The topological polar surface area (TPSA) is 26.3 Å². The lowest BCUT2D eigenvalue weighted by Crippen LogP contribution is -2.50. The van der Waals surface area contributed by atoms with Crippen molar-refractivity contribution in [1.82, 2.24) is 0 Å². The van der Waals surface area contributed by atoms with E-state index >= 15 is 0 Å². The van der Waals surface area contributed by atoms with E-state index in [0.29, 0.717) is 12.1 Å². The monoisotopic (exact) mass is 346 g/mol. The molecule has 0 bridgehead atoms. The Kier molecular flexibility index (Phi) is 4.76. The summed E-state index contributed by atoms with van der Waals surface area (Å²) in [5.41, 5.74) is -2.60. The maximum absolute atomic E-state index is 13.5. The molecule has 130 valence electrons. The van der Waals surface area contributed by atoms with Crippen LogP contribution in [-0.2, 0) is 21.1 Å². The maximum Gasteiger partial charge on any atom is 0.460 e. The van der Waals surface area contributed by atoms with E-state index in [1.54, 1.807) is 0 Å². The highest BCUT2D eigenvalue weighted by Crippen LogP contribution is 2.51. The van der Waals surface area contributed by atoms with Crippen LogP contribution in [0.2, 0.25) is 0 Å². The Labute approximate surface area is 127 Å². The molecule has 0 N–H and O–H groups in total. The van der Waals surface area contributed by atoms with Gasteiger partial charge in [0.2, 0.25) is 0 Å². The van der Waals surface area contributed by atoms with Crippen LogP contribution in [0.3, 0.4) is 0 Å². The minimum atomic E-state index is -6.40. The van der Waals surface area contributed by atoms with Crippen LogP contribution >= 0.6 is 0 Å². The molecule has 9 heteroatoms. The van der Waals surface area contributed by atoms with Gasteiger partial charge in [0, 0.05) is 12.5 Å². The number of halogens is 7. The molecule has 0 aromatic heterocycles. The number of rotatable bonds is 4. The van der Waals surface area contributed by atoms with Gasteiger partial charge in [-0.05, 0) is 19.4 Å². The fourth-order valence-electron chi connectivity index (χ4n) is 1.86. The van der Waals surface area contributed by atoms with Crippen molar-refractivity contribution in [3.8, 4) is 0 Å². The largest absolute Gasteiger partial charge is 0.460 e. The number of ether oxygens (including phenoxy) is 1. The second kappa shape index (κ2) is 5.68. The van der Waals surface area contributed by atoms with Crippen molar-refractivity contribution in [2.45, 2.75) is 44.4 Å². The van der Waals surface area contributed by atoms with Gasteiger partial charge in [0.1, 0.15) is 5.60 Å². The minimum absolute atomic E-state index is 0.155. The van der Waals surface area contributed by atoms with Crippen molar-refractivity contribution in [2.24, 2.45) is 0 Å². The minimum Gasteiger partial charge on any atom is -0.455 e. The van der Waals surface area contributed by atoms with Crippen molar-refractivity contribution in [1.29, 1.82) is 0 Å². The average molecular weight is 346 g/mol. The quantitative estimate of drug-likeness (QED) is 0.580. The zero-order chi connectivity index (χ0) is 18.3. The number of esters is 1. The molecule has 0 spiro atoms. The summed E-state index contributed by atoms with van der Waals surface area (Å²) in [6.45, 7) is 3.92. The summed E-state index contributed by atoms with van der Waals surface area (Å²) in [5, 5.41) is 0. The van der Waals surface area contributed by atoms with Gasteiger partial charge in [-0.1, -0.05) is 24.3 Å². The Morgan fingerprint density at radius 3 is 1.61 bits per heavy atom. The maximum atomic E-state index is 13.5. The predicted octanol–water partition coefficient (Wildman–Crippen LogP) is 4.77. The van der Waals surface area contributed by atoms with Crippen molar-refractivity contribution in [3.63, 3.8) is 0 Å². The van der Waals surface area contributed by atoms with Crippen LogP contribution in [0, 0.1) is 0 Å². The molecule has 23 heavy (non-hydrogen) atoms. The Bertz CT molecular complexity index is 574. The summed E-state index contributed by atoms with van der Waals surface area (Å²) >= 11 is 0. The predicted molar refractivity (Wildman–Crippen MR) is 66.1 cm³/mol. The lowest BCUT2D eigenvalue weighted by Gasteiger charge is -2.29. The van der Waals surface area contributed by atoms with Crippen LogP contribution in [0.1, 0.15) is 31.9 Å². The molecular weight excluding hydrogens is 333 g/mol. The standard InChI is InChI=1S/C14H13F7O2/c1-8(22)23-11(2,3)9-4-6-10(7-5-9)12(15,16)13(17,18)14(19,20)21/h4-7H,1-3H3. The van der Waals surface area contributed by atoms with Gasteiger partial charge >= 0.3 is 24.0 Å². The van der Waals surface area contributed by atoms with Crippen molar-refractivity contribution in [3.05, 3.63) is 35.4 Å². The highest BCUT2D eigenvalue weighted by molar-refractivity contribution is 5.66. The molecule has 0 heterocycles. The third kappa shape index (κ3) is 3.59. The number of benzene rings is 1. The van der Waals surface area contributed by atoms with Gasteiger partial charge in [0.05, 0.1) is 0 Å². The van der Waals surface area contributed by atoms with Gasteiger partial charge in [-0.3, -0.25) is 4.79 Å². The van der Waals surface area contributed by atoms with Crippen LogP contribution in [0.25, 0.3) is 0 Å². The van der Waals surface area contributed by atoms with Crippen LogP contribution in [-0.4, -0.2) is 18.1 Å². The van der Waals surface area contributed by atoms with E-state index in [0.717, 1.165) is 19.1 Å². The van der Waals surface area contributed by atoms with Crippen molar-refractivity contribution < 1.29 is 40.3 Å². The van der Waals surface area contributed by atoms with Gasteiger partial charge in [0.15, 0.2) is 0 Å². The van der Waals surface area contributed by atoms with Crippen LogP contribution in [0.4, 0.5) is 30.7 Å². The summed E-state index contributed by atoms with van der Waals surface area (Å²) in [7, 11) is 0. The fourth-order valence-corrected chi connectivity index (χ4v) is 1.86. The summed E-state index contributed by atoms with van der Waals surface area (Å²) in [6, 6.07) is 2.69. The molecule has 0 atom stereocenters. The second-order valence-corrected chi connectivity index (χ2v) is 5.33. The molecule has 0 aliphatic carbocycles. The molecule has 0 aliphatic rings. The lowest BCUT2D eigenvalue weighted by molar-refractivity contribution is -0.359. The first kappa shape index (κ1) is 19.2. The smallest absolute Gasteiger partial charge is 0.455 e. The molecule has 1 aromatic rings. The van der Waals surface area contributed by atoms with E-state index in [-0.39, 0.29) is 5.56 Å². The molecule has 0 amide bonds. The first-order valence-electron chi connectivity index (χ1n) is 6.26. The summed E-state index contributed by atoms with van der Waals surface area (Å²) in [6.07, 6.45) is -6.40. The van der Waals surface area contributed by atoms with E-state index in [2.05, 4.69) is 0 Å². The Morgan fingerprint density at radius 2 is 1.26 bits per heavy atom. The van der Waals surface area contributed by atoms with Crippen molar-refractivity contribution in [2.75, 3.05) is 0 Å². The third-order valence-electron chi connectivity index (χ3n) is 3.09. The van der Waals surface area contributed by atoms with Crippen molar-refractivity contribution >= 4 is 5.97 Å². The number of carbonyl (C=O) groups is 1. The molecular formula is C14H13F7O2. The van der Waals surface area contributed by atoms with Gasteiger partial charge in [0.25, 0.3) is 0 Å². The number of alkyl halides is 7. The second-order valence-electron chi connectivity index (χ2n) is 5.33. The Hall–Kier alpha value is -1.80. The SMILES string of the molecule is CC(=O)OC(C)(C)c1ccc(C(F)(F)C(F)(F)C(F)(F)F)cc1. The van der Waals surface area contributed by atoms with E-state index in [1.807, 2.05) is 0 Å². The number of carbonyl (C=O) groups excluding carboxylic acids is 1. The number of hydrogen-bond acceptors (Lipinski definition) is 2. The average Bonchev–Trinajstić information content (AvgIpc) is 2.35. The van der Waals surface area contributed by atoms with Gasteiger partial charge in [-0.25, -0.2) is 0 Å². The molecule has 0 saturated carbocycles. The lowest BCUT2D eigenvalue weighted by atomic mass is 9.94. The van der Waals surface area contributed by atoms with E-state index in [9.17, 15) is 35.5 Å². The van der Waals surface area contributed by atoms with E-state index < -0.39 is 35.2 Å². The zero-order valence-corrected chi connectivity index (χ0v) is 12.3. The van der Waals surface area contributed by atoms with Crippen LogP contribution < -0.4 is 0 Å². The van der Waals surface area contributed by atoms with Gasteiger partial charge in [-0.2, -0.15) is 30.7 Å². The van der Waals surface area contributed by atoms with E-state index in [1.165, 1.54) is 13.8 Å². The summed E-state index contributed by atoms with van der Waals surface area (Å²) in [5.74, 6) is -12.3. The fraction of sp³-hybridized carbons (Fsp3) is 0.500. The molecule has 0 fully saturated rings. The molecule has 0 unspecified atom stereocenters. The molecule has 2 nitrogen and oxygen atoms in total. The summed E-state index contributed by atoms with van der Waals surface area (Å²) < 4.78 is 94.3. The molecule has 1 rings (SSSR count). The molecule has 0 saturated heterocycles. The Morgan fingerprint density at radius 1 is 0.870 bits per heavy atom. The Balaban J connectivity index is 3.21. The number of hydrogen-bond donors (Lipinski definition) is 0. The first-order valence-corrected chi connectivity index (χ1v) is 6.26. The normalized spacial score (nSPS) is 13.8. The molecule has 0 radical (unpaired) electrons. The third-order valence-corrected chi connectivity index (χ3v) is 3.09. The highest BCUT2D eigenvalue weighted by Gasteiger charge is 2.73. The summed E-state index contributed by atoms with van der Waals surface area (Å²) in [4.78, 5) is 10.9. The van der Waals surface area contributed by atoms with Gasteiger partial charge in [-0.15, -0.1) is 0 Å². The van der Waals surface area contributed by atoms with Crippen LogP contribution in [0.15, 0.2) is 24.3 Å². The molecule has 1 aromatic carbocycles. The zero-order valence-electron chi connectivity index (χ0n) is 12.3. The van der Waals surface area contributed by atoms with Crippen LogP contribution in [0.5, 0.6) is 0 Å². The highest BCUT2D eigenvalue weighted by atomic mass is 19.4.